The summed E-state index contributed by atoms with van der Waals surface area (Å²) in [4.78, 5) is 12.3. The lowest BCUT2D eigenvalue weighted by Crippen LogP contribution is -2.45. The van der Waals surface area contributed by atoms with Gasteiger partial charge < -0.3 is 5.32 Å². The van der Waals surface area contributed by atoms with E-state index in [2.05, 4.69) is 5.32 Å². The summed E-state index contributed by atoms with van der Waals surface area (Å²) in [5.41, 5.74) is -0.519. The van der Waals surface area contributed by atoms with Crippen LogP contribution in [0.1, 0.15) is 19.3 Å². The highest BCUT2D eigenvalue weighted by molar-refractivity contribution is 7.91. The number of rotatable bonds is 0. The van der Waals surface area contributed by atoms with Crippen LogP contribution in [0, 0.1) is 5.41 Å². The van der Waals surface area contributed by atoms with Gasteiger partial charge in [-0.2, -0.15) is 0 Å². The molecule has 1 aromatic carbocycles. The van der Waals surface area contributed by atoms with Crippen LogP contribution in [0.3, 0.4) is 0 Å². The zero-order valence-electron chi connectivity index (χ0n) is 9.57. The molecule has 18 heavy (non-hydrogen) atoms. The Hall–Kier alpha value is -1.07. The molecule has 0 aromatic heterocycles. The fourth-order valence-electron chi connectivity index (χ4n) is 2.61. The second-order valence-electron chi connectivity index (χ2n) is 4.96. The number of para-hydroxylation sites is 1. The highest BCUT2D eigenvalue weighted by atomic mass is 35.5. The third-order valence-corrected chi connectivity index (χ3v) is 6.07. The summed E-state index contributed by atoms with van der Waals surface area (Å²) in [6.07, 6.45) is 2.15. The van der Waals surface area contributed by atoms with Gasteiger partial charge in [0.15, 0.2) is 9.84 Å². The third-order valence-electron chi connectivity index (χ3n) is 3.81. The Labute approximate surface area is 110 Å². The molecule has 0 radical (unpaired) electrons. The number of benzene rings is 1. The molecule has 0 unspecified atom stereocenters. The molecule has 0 atom stereocenters. The van der Waals surface area contributed by atoms with Gasteiger partial charge in [0.1, 0.15) is 0 Å². The molecule has 1 aromatic rings. The van der Waals surface area contributed by atoms with Crippen molar-refractivity contribution < 1.29 is 13.2 Å². The van der Waals surface area contributed by atoms with Crippen molar-refractivity contribution >= 4 is 33.0 Å². The largest absolute Gasteiger partial charge is 0.323 e. The fourth-order valence-corrected chi connectivity index (χ4v) is 4.95. The smallest absolute Gasteiger partial charge is 0.231 e. The second kappa shape index (κ2) is 3.71. The number of amides is 1. The number of carbonyl (C=O) groups excluding carboxylic acids is 1. The van der Waals surface area contributed by atoms with E-state index in [9.17, 15) is 13.2 Å². The van der Waals surface area contributed by atoms with Gasteiger partial charge in [-0.25, -0.2) is 8.42 Å². The van der Waals surface area contributed by atoms with Gasteiger partial charge in [0.2, 0.25) is 5.91 Å². The van der Waals surface area contributed by atoms with E-state index in [0.717, 1.165) is 6.42 Å². The molecule has 3 rings (SSSR count). The lowest BCUT2D eigenvalue weighted by Gasteiger charge is -2.38. The van der Waals surface area contributed by atoms with Gasteiger partial charge in [-0.15, -0.1) is 0 Å². The molecule has 1 saturated carbocycles. The summed E-state index contributed by atoms with van der Waals surface area (Å²) < 4.78 is 24.7. The molecule has 0 bridgehead atoms. The molecule has 4 nitrogen and oxygen atoms in total. The van der Waals surface area contributed by atoms with Crippen LogP contribution in [0.2, 0.25) is 5.02 Å². The zero-order valence-corrected chi connectivity index (χ0v) is 11.1. The predicted octanol–water partition coefficient (Wildman–Crippen LogP) is 2.24. The van der Waals surface area contributed by atoms with E-state index in [1.54, 1.807) is 12.1 Å². The quantitative estimate of drug-likeness (QED) is 0.795. The number of hydrogen-bond acceptors (Lipinski definition) is 3. The summed E-state index contributed by atoms with van der Waals surface area (Å²) in [5, 5.41) is 2.95. The van der Waals surface area contributed by atoms with E-state index in [1.165, 1.54) is 6.07 Å². The van der Waals surface area contributed by atoms with Crippen molar-refractivity contribution in [3.05, 3.63) is 23.2 Å². The molecule has 1 spiro atoms. The molecule has 96 valence electrons. The van der Waals surface area contributed by atoms with Crippen LogP contribution in [-0.4, -0.2) is 20.1 Å². The number of carbonyl (C=O) groups is 1. The first kappa shape index (κ1) is 12.0. The number of nitrogens with one attached hydrogen (secondary N) is 1. The fraction of sp³-hybridized carbons (Fsp3) is 0.417. The van der Waals surface area contributed by atoms with Gasteiger partial charge in [-0.3, -0.25) is 4.79 Å². The first-order valence-electron chi connectivity index (χ1n) is 5.77. The topological polar surface area (TPSA) is 63.2 Å². The monoisotopic (exact) mass is 285 g/mol. The van der Waals surface area contributed by atoms with E-state index in [1.807, 2.05) is 0 Å². The summed E-state index contributed by atoms with van der Waals surface area (Å²) in [6, 6.07) is 4.66. The maximum Gasteiger partial charge on any atom is 0.231 e. The number of fused-ring (bicyclic) bond motifs is 1. The van der Waals surface area contributed by atoms with E-state index < -0.39 is 15.3 Å². The van der Waals surface area contributed by atoms with Crippen molar-refractivity contribution in [3.8, 4) is 0 Å². The molecule has 1 aliphatic carbocycles. The summed E-state index contributed by atoms with van der Waals surface area (Å²) in [6.45, 7) is 0. The Morgan fingerprint density at radius 1 is 1.28 bits per heavy atom. The van der Waals surface area contributed by atoms with Gasteiger partial charge in [0, 0.05) is 0 Å². The Balaban J connectivity index is 2.21. The van der Waals surface area contributed by atoms with E-state index in [-0.39, 0.29) is 27.3 Å². The Morgan fingerprint density at radius 3 is 2.61 bits per heavy atom. The van der Waals surface area contributed by atoms with Crippen molar-refractivity contribution in [2.24, 2.45) is 5.41 Å². The average molecular weight is 286 g/mol. The summed E-state index contributed by atoms with van der Waals surface area (Å²) in [5.74, 6) is -0.330. The van der Waals surface area contributed by atoms with Crippen molar-refractivity contribution in [2.75, 3.05) is 11.1 Å². The van der Waals surface area contributed by atoms with Crippen LogP contribution < -0.4 is 5.32 Å². The highest BCUT2D eigenvalue weighted by Gasteiger charge is 2.50. The predicted molar refractivity (Wildman–Crippen MR) is 68.4 cm³/mol. The van der Waals surface area contributed by atoms with Crippen LogP contribution in [0.25, 0.3) is 0 Å². The van der Waals surface area contributed by atoms with Crippen molar-refractivity contribution in [2.45, 2.75) is 24.2 Å². The standard InChI is InChI=1S/C12H12ClNO3S/c13-8-3-1-4-9-10(8)14-11(15)12(5-2-6-12)7-18(9,16)17/h1,3-4H,2,5-7H2,(H,14,15). The Morgan fingerprint density at radius 2 is 2.00 bits per heavy atom. The maximum atomic E-state index is 12.3. The van der Waals surface area contributed by atoms with E-state index in [0.29, 0.717) is 12.8 Å². The minimum absolute atomic E-state index is 0.112. The van der Waals surface area contributed by atoms with Crippen LogP contribution in [0.15, 0.2) is 23.1 Å². The SMILES string of the molecule is O=C1Nc2c(Cl)cccc2S(=O)(=O)CC12CCC2. The number of sulfone groups is 1. The molecule has 1 amide bonds. The Kier molecular flexibility index (Phi) is 2.47. The summed E-state index contributed by atoms with van der Waals surface area (Å²) >= 11 is 5.98. The van der Waals surface area contributed by atoms with Gasteiger partial charge in [0.05, 0.1) is 26.8 Å². The van der Waals surface area contributed by atoms with Crippen LogP contribution in [0.5, 0.6) is 0 Å². The van der Waals surface area contributed by atoms with E-state index in [4.69, 9.17) is 11.6 Å². The lowest BCUT2D eigenvalue weighted by atomic mass is 9.69. The minimum Gasteiger partial charge on any atom is -0.323 e. The zero-order chi connectivity index (χ0) is 13.0. The molecule has 1 N–H and O–H groups in total. The number of hydrogen-bond donors (Lipinski definition) is 1. The molecule has 1 heterocycles. The number of halogens is 1. The molecular formula is C12H12ClNO3S. The molecular weight excluding hydrogens is 274 g/mol. The molecule has 1 aliphatic heterocycles. The van der Waals surface area contributed by atoms with Gasteiger partial charge in [-0.1, -0.05) is 24.1 Å². The second-order valence-corrected chi connectivity index (χ2v) is 7.33. The average Bonchev–Trinajstić information content (AvgIpc) is 2.34. The first-order valence-corrected chi connectivity index (χ1v) is 7.80. The molecule has 6 heteroatoms. The lowest BCUT2D eigenvalue weighted by molar-refractivity contribution is -0.128. The first-order chi connectivity index (χ1) is 8.45. The third kappa shape index (κ3) is 1.57. The summed E-state index contributed by atoms with van der Waals surface area (Å²) in [7, 11) is -3.47. The normalized spacial score (nSPS) is 23.7. The van der Waals surface area contributed by atoms with E-state index >= 15 is 0 Å². The van der Waals surface area contributed by atoms with Crippen molar-refractivity contribution in [3.63, 3.8) is 0 Å². The number of anilines is 1. The minimum atomic E-state index is -3.47. The highest BCUT2D eigenvalue weighted by Crippen LogP contribution is 2.47. The van der Waals surface area contributed by atoms with Crippen LogP contribution >= 0.6 is 11.6 Å². The molecule has 1 fully saturated rings. The van der Waals surface area contributed by atoms with Crippen molar-refractivity contribution in [1.82, 2.24) is 0 Å². The Bertz CT molecular complexity index is 635. The van der Waals surface area contributed by atoms with Crippen LogP contribution in [-0.2, 0) is 14.6 Å². The van der Waals surface area contributed by atoms with Crippen molar-refractivity contribution in [1.29, 1.82) is 0 Å². The van der Waals surface area contributed by atoms with Crippen LogP contribution in [0.4, 0.5) is 5.69 Å². The maximum absolute atomic E-state index is 12.3. The van der Waals surface area contributed by atoms with Gasteiger partial charge in [-0.05, 0) is 25.0 Å². The van der Waals surface area contributed by atoms with Gasteiger partial charge >= 0.3 is 0 Å². The van der Waals surface area contributed by atoms with Gasteiger partial charge in [0.25, 0.3) is 0 Å². The molecule has 2 aliphatic rings. The molecule has 0 saturated heterocycles.